The van der Waals surface area contributed by atoms with Crippen molar-refractivity contribution in [2.24, 2.45) is 0 Å². The summed E-state index contributed by atoms with van der Waals surface area (Å²) in [6, 6.07) is 38.3. The minimum Gasteiger partial charge on any atom is -0.308 e. The Morgan fingerprint density at radius 2 is 1.26 bits per heavy atom. The summed E-state index contributed by atoms with van der Waals surface area (Å²) < 4.78 is 1.99. The fraction of sp³-hybridized carbons (Fsp3) is 0. The summed E-state index contributed by atoms with van der Waals surface area (Å²) in [6.45, 7) is 0. The molecule has 5 nitrogen and oxygen atoms in total. The van der Waals surface area contributed by atoms with Gasteiger partial charge in [0.1, 0.15) is 0 Å². The molecule has 7 rings (SSSR count). The van der Waals surface area contributed by atoms with E-state index in [1.54, 1.807) is 18.2 Å². The number of benzene rings is 5. The number of nitriles is 1. The molecule has 0 saturated heterocycles. The number of anilines is 1. The fourth-order valence-electron chi connectivity index (χ4n) is 5.50. The van der Waals surface area contributed by atoms with Gasteiger partial charge < -0.3 is 4.57 Å². The number of imide groups is 1. The lowest BCUT2D eigenvalue weighted by Crippen LogP contribution is -2.30. The zero-order chi connectivity index (χ0) is 25.8. The minimum atomic E-state index is -0.369. The number of hydrogen-bond acceptors (Lipinski definition) is 3. The standard InChI is InChI=1S/C33H19N3O2/c34-20-21-17-18-25-24-12-5-7-15-28(24)35(30(25)19-21)29-16-8-13-26-31(29)33(38)36(32(26)37)27-14-6-4-11-23(27)22-9-2-1-3-10-22/h1-19H. The Labute approximate surface area is 218 Å². The average Bonchev–Trinajstić information content (AvgIpc) is 3.44. The smallest absolute Gasteiger partial charge is 0.268 e. The highest BCUT2D eigenvalue weighted by atomic mass is 16.2. The van der Waals surface area contributed by atoms with Crippen molar-refractivity contribution in [2.75, 3.05) is 4.90 Å². The second-order valence-corrected chi connectivity index (χ2v) is 9.22. The third-order valence-corrected chi connectivity index (χ3v) is 7.17. The lowest BCUT2D eigenvalue weighted by atomic mass is 10.0. The first-order valence-electron chi connectivity index (χ1n) is 12.3. The zero-order valence-electron chi connectivity index (χ0n) is 20.1. The highest BCUT2D eigenvalue weighted by Crippen LogP contribution is 2.40. The van der Waals surface area contributed by atoms with E-state index in [0.29, 0.717) is 28.1 Å². The van der Waals surface area contributed by atoms with Gasteiger partial charge in [-0.05, 0) is 42.0 Å². The molecule has 1 aliphatic rings. The summed E-state index contributed by atoms with van der Waals surface area (Å²) in [6.07, 6.45) is 0. The van der Waals surface area contributed by atoms with Crippen LogP contribution in [-0.2, 0) is 0 Å². The Bertz CT molecular complexity index is 1980. The van der Waals surface area contributed by atoms with Crippen molar-refractivity contribution in [3.05, 3.63) is 132 Å². The maximum atomic E-state index is 14.1. The third kappa shape index (κ3) is 3.04. The van der Waals surface area contributed by atoms with Crippen molar-refractivity contribution in [3.63, 3.8) is 0 Å². The summed E-state index contributed by atoms with van der Waals surface area (Å²) in [7, 11) is 0. The molecule has 2 amide bonds. The van der Waals surface area contributed by atoms with Gasteiger partial charge in [-0.1, -0.05) is 78.9 Å². The summed E-state index contributed by atoms with van der Waals surface area (Å²) in [5, 5.41) is 11.6. The molecular weight excluding hydrogens is 470 g/mol. The van der Waals surface area contributed by atoms with Crippen LogP contribution in [-0.4, -0.2) is 16.4 Å². The van der Waals surface area contributed by atoms with Gasteiger partial charge in [-0.15, -0.1) is 0 Å². The molecule has 0 unspecified atom stereocenters. The molecule has 178 valence electrons. The molecule has 0 radical (unpaired) electrons. The highest BCUT2D eigenvalue weighted by Gasteiger charge is 2.40. The number of amides is 2. The Kier molecular flexibility index (Phi) is 4.75. The first-order chi connectivity index (χ1) is 18.7. The number of hydrogen-bond donors (Lipinski definition) is 0. The van der Waals surface area contributed by atoms with Gasteiger partial charge in [0.2, 0.25) is 0 Å². The number of nitrogens with zero attached hydrogens (tertiary/aromatic N) is 3. The van der Waals surface area contributed by atoms with Crippen molar-refractivity contribution in [1.82, 2.24) is 4.57 Å². The van der Waals surface area contributed by atoms with Gasteiger partial charge in [-0.25, -0.2) is 4.90 Å². The first kappa shape index (κ1) is 21.8. The summed E-state index contributed by atoms with van der Waals surface area (Å²) in [5.41, 5.74) is 5.83. The van der Waals surface area contributed by atoms with Crippen molar-refractivity contribution in [1.29, 1.82) is 5.26 Å². The van der Waals surface area contributed by atoms with E-state index in [1.807, 2.05) is 102 Å². The molecule has 0 N–H and O–H groups in total. The lowest BCUT2D eigenvalue weighted by molar-refractivity contribution is 0.0926. The van der Waals surface area contributed by atoms with Crippen LogP contribution in [0.2, 0.25) is 0 Å². The molecule has 0 spiro atoms. The number of fused-ring (bicyclic) bond motifs is 4. The van der Waals surface area contributed by atoms with Gasteiger partial charge >= 0.3 is 0 Å². The van der Waals surface area contributed by atoms with Gasteiger partial charge in [-0.3, -0.25) is 9.59 Å². The number of carbonyl (C=O) groups is 2. The number of rotatable bonds is 3. The SMILES string of the molecule is N#Cc1ccc2c3ccccc3n(-c3cccc4c3C(=O)N(c3ccccc3-c3ccccc3)C4=O)c2c1. The van der Waals surface area contributed by atoms with Gasteiger partial charge in [-0.2, -0.15) is 5.26 Å². The third-order valence-electron chi connectivity index (χ3n) is 7.17. The van der Waals surface area contributed by atoms with Gasteiger partial charge in [0.15, 0.2) is 0 Å². The van der Waals surface area contributed by atoms with Crippen LogP contribution in [0.3, 0.4) is 0 Å². The largest absolute Gasteiger partial charge is 0.308 e. The second-order valence-electron chi connectivity index (χ2n) is 9.22. The van der Waals surface area contributed by atoms with E-state index in [-0.39, 0.29) is 11.8 Å². The van der Waals surface area contributed by atoms with Crippen LogP contribution in [0.15, 0.2) is 115 Å². The van der Waals surface area contributed by atoms with Gasteiger partial charge in [0, 0.05) is 16.3 Å². The van der Waals surface area contributed by atoms with Crippen LogP contribution < -0.4 is 4.90 Å². The van der Waals surface area contributed by atoms with E-state index in [9.17, 15) is 14.9 Å². The molecule has 1 aromatic heterocycles. The van der Waals surface area contributed by atoms with E-state index in [2.05, 4.69) is 6.07 Å². The van der Waals surface area contributed by atoms with Crippen LogP contribution in [0, 0.1) is 11.3 Å². The fourth-order valence-corrected chi connectivity index (χ4v) is 5.50. The summed E-state index contributed by atoms with van der Waals surface area (Å²) in [4.78, 5) is 29.2. The van der Waals surface area contributed by atoms with Gasteiger partial charge in [0.25, 0.3) is 11.8 Å². The lowest BCUT2D eigenvalue weighted by Gasteiger charge is -2.18. The molecule has 0 atom stereocenters. The number of aromatic nitrogens is 1. The van der Waals surface area contributed by atoms with Crippen molar-refractivity contribution >= 4 is 39.3 Å². The molecular formula is C33H19N3O2. The molecule has 0 aliphatic carbocycles. The number of carbonyl (C=O) groups excluding carboxylic acids is 2. The Hall–Kier alpha value is -5.47. The van der Waals surface area contributed by atoms with E-state index < -0.39 is 0 Å². The predicted octanol–water partition coefficient (Wildman–Crippen LogP) is 7.12. The molecule has 1 aliphatic heterocycles. The van der Waals surface area contributed by atoms with E-state index in [0.717, 1.165) is 32.9 Å². The second kappa shape index (κ2) is 8.29. The monoisotopic (exact) mass is 489 g/mol. The zero-order valence-corrected chi connectivity index (χ0v) is 20.1. The van der Waals surface area contributed by atoms with Crippen LogP contribution >= 0.6 is 0 Å². The van der Waals surface area contributed by atoms with Crippen molar-refractivity contribution < 1.29 is 9.59 Å². The Morgan fingerprint density at radius 1 is 0.579 bits per heavy atom. The molecule has 5 aromatic carbocycles. The minimum absolute atomic E-state index is 0.352. The molecule has 0 fully saturated rings. The quantitative estimate of drug-likeness (QED) is 0.249. The Balaban J connectivity index is 1.47. The molecule has 38 heavy (non-hydrogen) atoms. The van der Waals surface area contributed by atoms with E-state index >= 15 is 0 Å². The topological polar surface area (TPSA) is 66.1 Å². The van der Waals surface area contributed by atoms with Crippen molar-refractivity contribution in [2.45, 2.75) is 0 Å². The summed E-state index contributed by atoms with van der Waals surface area (Å²) in [5.74, 6) is -0.722. The van der Waals surface area contributed by atoms with Crippen LogP contribution in [0.1, 0.15) is 26.3 Å². The van der Waals surface area contributed by atoms with Crippen molar-refractivity contribution in [3.8, 4) is 22.9 Å². The molecule has 2 heterocycles. The maximum absolute atomic E-state index is 14.1. The number of para-hydroxylation sites is 2. The van der Waals surface area contributed by atoms with Crippen LogP contribution in [0.25, 0.3) is 38.6 Å². The highest BCUT2D eigenvalue weighted by molar-refractivity contribution is 6.36. The molecule has 6 aromatic rings. The van der Waals surface area contributed by atoms with Gasteiger partial charge in [0.05, 0.1) is 45.2 Å². The predicted molar refractivity (Wildman–Crippen MR) is 149 cm³/mol. The van der Waals surface area contributed by atoms with Crippen LogP contribution in [0.4, 0.5) is 5.69 Å². The maximum Gasteiger partial charge on any atom is 0.268 e. The average molecular weight is 490 g/mol. The first-order valence-corrected chi connectivity index (χ1v) is 12.3. The molecule has 0 bridgehead atoms. The summed E-state index contributed by atoms with van der Waals surface area (Å²) >= 11 is 0. The van der Waals surface area contributed by atoms with E-state index in [1.165, 1.54) is 4.90 Å². The normalized spacial score (nSPS) is 12.8. The Morgan fingerprint density at radius 3 is 2.11 bits per heavy atom. The molecule has 5 heteroatoms. The van der Waals surface area contributed by atoms with E-state index in [4.69, 9.17) is 0 Å². The molecule has 0 saturated carbocycles. The van der Waals surface area contributed by atoms with Crippen LogP contribution in [0.5, 0.6) is 0 Å².